The first-order valence-electron chi connectivity index (χ1n) is 7.61. The molecule has 0 aliphatic carbocycles. The number of hydrogen-bond donors (Lipinski definition) is 0. The van der Waals surface area contributed by atoms with E-state index in [0.29, 0.717) is 6.42 Å². The van der Waals surface area contributed by atoms with Gasteiger partial charge in [0.15, 0.2) is 0 Å². The molecule has 0 heterocycles. The number of benzene rings is 2. The topological polar surface area (TPSA) is 20.3 Å². The van der Waals surface area contributed by atoms with E-state index in [4.69, 9.17) is 0 Å². The van der Waals surface area contributed by atoms with Crippen LogP contribution in [0.1, 0.15) is 30.9 Å². The lowest BCUT2D eigenvalue weighted by Crippen LogP contribution is -2.31. The van der Waals surface area contributed by atoms with Crippen LogP contribution in [0.15, 0.2) is 54.6 Å². The summed E-state index contributed by atoms with van der Waals surface area (Å²) in [5, 5.41) is 0. The molecule has 0 radical (unpaired) electrons. The third-order valence-electron chi connectivity index (χ3n) is 3.53. The Hall–Kier alpha value is -2.09. The van der Waals surface area contributed by atoms with Crippen LogP contribution in [0.5, 0.6) is 0 Å². The molecule has 0 aromatic heterocycles. The van der Waals surface area contributed by atoms with Crippen molar-refractivity contribution in [3.05, 3.63) is 65.7 Å². The molecule has 0 saturated carbocycles. The molecule has 2 nitrogen and oxygen atoms in total. The number of nitrogens with zero attached hydrogens (tertiary/aromatic N) is 1. The number of carbonyl (C=O) groups excluding carboxylic acids is 1. The average Bonchev–Trinajstić information content (AvgIpc) is 2.51. The Kier molecular flexibility index (Phi) is 5.56. The summed E-state index contributed by atoms with van der Waals surface area (Å²) in [6.45, 7) is 4.94. The van der Waals surface area contributed by atoms with Gasteiger partial charge in [-0.2, -0.15) is 0 Å². The first-order chi connectivity index (χ1) is 10.2. The summed E-state index contributed by atoms with van der Waals surface area (Å²) >= 11 is 0. The van der Waals surface area contributed by atoms with Crippen LogP contribution in [0.25, 0.3) is 0 Å². The van der Waals surface area contributed by atoms with Gasteiger partial charge < -0.3 is 4.90 Å². The maximum absolute atomic E-state index is 12.5. The van der Waals surface area contributed by atoms with Gasteiger partial charge in [-0.1, -0.05) is 49.4 Å². The molecular formula is C19H23NO. The molecule has 0 fully saturated rings. The predicted molar refractivity (Wildman–Crippen MR) is 88.6 cm³/mol. The van der Waals surface area contributed by atoms with Crippen LogP contribution in [0.2, 0.25) is 0 Å². The molecule has 21 heavy (non-hydrogen) atoms. The normalized spacial score (nSPS) is 10.4. The lowest BCUT2D eigenvalue weighted by molar-refractivity contribution is -0.118. The number of aryl methyl sites for hydroxylation is 2. The Bertz CT molecular complexity index is 577. The summed E-state index contributed by atoms with van der Waals surface area (Å²) in [6, 6.07) is 18.4. The lowest BCUT2D eigenvalue weighted by atomic mass is 10.1. The molecule has 2 heteroatoms. The van der Waals surface area contributed by atoms with Gasteiger partial charge in [-0.05, 0) is 43.0 Å². The monoisotopic (exact) mass is 281 g/mol. The maximum atomic E-state index is 12.5. The van der Waals surface area contributed by atoms with Gasteiger partial charge in [0.1, 0.15) is 0 Å². The molecule has 2 aromatic rings. The highest BCUT2D eigenvalue weighted by atomic mass is 16.2. The van der Waals surface area contributed by atoms with Gasteiger partial charge in [0.25, 0.3) is 0 Å². The van der Waals surface area contributed by atoms with Crippen LogP contribution < -0.4 is 4.90 Å². The largest absolute Gasteiger partial charge is 0.312 e. The molecule has 0 unspecified atom stereocenters. The Morgan fingerprint density at radius 2 is 1.81 bits per heavy atom. The standard InChI is InChI=1S/C19H23NO/c1-3-14-20(18-11-7-8-16(2)15-18)19(21)13-12-17-9-5-4-6-10-17/h4-11,15H,3,12-14H2,1-2H3. The van der Waals surface area contributed by atoms with Gasteiger partial charge in [-0.25, -0.2) is 0 Å². The molecule has 0 aliphatic rings. The summed E-state index contributed by atoms with van der Waals surface area (Å²) in [5.74, 6) is 0.200. The second-order valence-electron chi connectivity index (χ2n) is 5.37. The SMILES string of the molecule is CCCN(C(=O)CCc1ccccc1)c1cccc(C)c1. The van der Waals surface area contributed by atoms with E-state index in [1.165, 1.54) is 11.1 Å². The van der Waals surface area contributed by atoms with Crippen molar-refractivity contribution in [3.8, 4) is 0 Å². The molecule has 1 amide bonds. The summed E-state index contributed by atoms with van der Waals surface area (Å²) in [7, 11) is 0. The van der Waals surface area contributed by atoms with Crippen LogP contribution in [0.3, 0.4) is 0 Å². The second-order valence-corrected chi connectivity index (χ2v) is 5.37. The van der Waals surface area contributed by atoms with Crippen molar-refractivity contribution >= 4 is 11.6 Å². The fourth-order valence-electron chi connectivity index (χ4n) is 2.45. The van der Waals surface area contributed by atoms with Crippen LogP contribution in [-0.2, 0) is 11.2 Å². The van der Waals surface area contributed by atoms with Gasteiger partial charge in [-0.3, -0.25) is 4.79 Å². The van der Waals surface area contributed by atoms with Crippen molar-refractivity contribution < 1.29 is 4.79 Å². The Labute approximate surface area is 127 Å². The van der Waals surface area contributed by atoms with Crippen LogP contribution in [-0.4, -0.2) is 12.5 Å². The van der Waals surface area contributed by atoms with Crippen molar-refractivity contribution in [2.75, 3.05) is 11.4 Å². The highest BCUT2D eigenvalue weighted by Gasteiger charge is 2.14. The minimum atomic E-state index is 0.200. The van der Waals surface area contributed by atoms with Crippen molar-refractivity contribution in [2.45, 2.75) is 33.1 Å². The predicted octanol–water partition coefficient (Wildman–Crippen LogP) is 4.37. The Morgan fingerprint density at radius 1 is 1.05 bits per heavy atom. The first-order valence-corrected chi connectivity index (χ1v) is 7.61. The fourth-order valence-corrected chi connectivity index (χ4v) is 2.45. The number of carbonyl (C=O) groups is 1. The molecule has 0 bridgehead atoms. The van der Waals surface area contributed by atoms with Gasteiger partial charge in [0.2, 0.25) is 5.91 Å². The number of rotatable bonds is 6. The molecular weight excluding hydrogens is 258 g/mol. The Morgan fingerprint density at radius 3 is 2.48 bits per heavy atom. The molecule has 0 aliphatic heterocycles. The van der Waals surface area contributed by atoms with Gasteiger partial charge in [0.05, 0.1) is 0 Å². The molecule has 2 rings (SSSR count). The van der Waals surface area contributed by atoms with Crippen LogP contribution in [0, 0.1) is 6.92 Å². The van der Waals surface area contributed by atoms with Crippen molar-refractivity contribution in [1.82, 2.24) is 0 Å². The van der Waals surface area contributed by atoms with E-state index in [0.717, 1.165) is 25.1 Å². The molecule has 2 aromatic carbocycles. The van der Waals surface area contributed by atoms with E-state index in [9.17, 15) is 4.79 Å². The zero-order valence-electron chi connectivity index (χ0n) is 12.9. The van der Waals surface area contributed by atoms with Gasteiger partial charge >= 0.3 is 0 Å². The van der Waals surface area contributed by atoms with Crippen LogP contribution >= 0.6 is 0 Å². The van der Waals surface area contributed by atoms with E-state index in [2.05, 4.69) is 38.1 Å². The van der Waals surface area contributed by atoms with Crippen molar-refractivity contribution in [3.63, 3.8) is 0 Å². The summed E-state index contributed by atoms with van der Waals surface area (Å²) in [4.78, 5) is 14.5. The second kappa shape index (κ2) is 7.63. The molecule has 0 atom stereocenters. The zero-order chi connectivity index (χ0) is 15.1. The minimum absolute atomic E-state index is 0.200. The number of anilines is 1. The molecule has 0 saturated heterocycles. The zero-order valence-corrected chi connectivity index (χ0v) is 12.9. The third kappa shape index (κ3) is 4.45. The van der Waals surface area contributed by atoms with E-state index in [1.54, 1.807) is 0 Å². The average molecular weight is 281 g/mol. The summed E-state index contributed by atoms with van der Waals surface area (Å²) < 4.78 is 0. The third-order valence-corrected chi connectivity index (χ3v) is 3.53. The lowest BCUT2D eigenvalue weighted by Gasteiger charge is -2.23. The van der Waals surface area contributed by atoms with Gasteiger partial charge in [0, 0.05) is 18.7 Å². The molecule has 0 spiro atoms. The highest BCUT2D eigenvalue weighted by molar-refractivity contribution is 5.93. The number of hydrogen-bond acceptors (Lipinski definition) is 1. The van der Waals surface area contributed by atoms with Gasteiger partial charge in [-0.15, -0.1) is 0 Å². The van der Waals surface area contributed by atoms with E-state index in [1.807, 2.05) is 35.2 Å². The maximum Gasteiger partial charge on any atom is 0.227 e. The van der Waals surface area contributed by atoms with E-state index < -0.39 is 0 Å². The molecule has 0 N–H and O–H groups in total. The Balaban J connectivity index is 2.05. The van der Waals surface area contributed by atoms with E-state index >= 15 is 0 Å². The van der Waals surface area contributed by atoms with E-state index in [-0.39, 0.29) is 5.91 Å². The minimum Gasteiger partial charge on any atom is -0.312 e. The molecule has 110 valence electrons. The highest BCUT2D eigenvalue weighted by Crippen LogP contribution is 2.18. The van der Waals surface area contributed by atoms with Crippen LogP contribution in [0.4, 0.5) is 5.69 Å². The van der Waals surface area contributed by atoms with Crippen molar-refractivity contribution in [2.24, 2.45) is 0 Å². The number of amides is 1. The summed E-state index contributed by atoms with van der Waals surface area (Å²) in [5.41, 5.74) is 3.41. The smallest absolute Gasteiger partial charge is 0.227 e. The summed E-state index contributed by atoms with van der Waals surface area (Å²) in [6.07, 6.45) is 2.31. The first kappa shape index (κ1) is 15.3. The fraction of sp³-hybridized carbons (Fsp3) is 0.316. The quantitative estimate of drug-likeness (QED) is 0.770. The van der Waals surface area contributed by atoms with Crippen molar-refractivity contribution in [1.29, 1.82) is 0 Å².